The molecule has 0 saturated heterocycles. The van der Waals surface area contributed by atoms with E-state index in [1.807, 2.05) is 76.4 Å². The van der Waals surface area contributed by atoms with Crippen molar-refractivity contribution in [3.8, 4) is 0 Å². The SMILES string of the molecule is Cc1cc(Nc2nc(Sc3ccc(NC(=O)Nc4cc(C(C)(C)C)on4)cc3)nn3cccc23)n[nH]1. The molecule has 5 rings (SSSR count). The first-order valence-electron chi connectivity index (χ1n) is 11.2. The first kappa shape index (κ1) is 23.4. The molecule has 2 amide bonds. The molecule has 4 N–H and O–H groups in total. The molecule has 0 aliphatic heterocycles. The molecule has 0 unspecified atom stereocenters. The van der Waals surface area contributed by atoms with Crippen molar-refractivity contribution in [2.24, 2.45) is 0 Å². The fraction of sp³-hybridized carbons (Fsp3) is 0.208. The number of aromatic amines is 1. The number of fused-ring (bicyclic) bond motifs is 1. The maximum atomic E-state index is 12.4. The first-order chi connectivity index (χ1) is 17.2. The van der Waals surface area contributed by atoms with Crippen molar-refractivity contribution < 1.29 is 9.32 Å². The Morgan fingerprint density at radius 3 is 2.58 bits per heavy atom. The van der Waals surface area contributed by atoms with Gasteiger partial charge in [0.25, 0.3) is 0 Å². The number of amides is 2. The number of anilines is 4. The molecule has 0 aliphatic carbocycles. The van der Waals surface area contributed by atoms with Crippen molar-refractivity contribution >= 4 is 46.5 Å². The van der Waals surface area contributed by atoms with E-state index in [1.54, 1.807) is 10.6 Å². The number of carbonyl (C=O) groups is 1. The molecule has 0 bridgehead atoms. The van der Waals surface area contributed by atoms with Crippen molar-refractivity contribution in [3.63, 3.8) is 0 Å². The van der Waals surface area contributed by atoms with Crippen LogP contribution in [0.15, 0.2) is 69.3 Å². The molecule has 4 heterocycles. The summed E-state index contributed by atoms with van der Waals surface area (Å²) in [5, 5.41) is 24.9. The molecule has 0 saturated carbocycles. The Morgan fingerprint density at radius 2 is 1.89 bits per heavy atom. The molecular weight excluding hydrogens is 478 g/mol. The maximum Gasteiger partial charge on any atom is 0.324 e. The number of carbonyl (C=O) groups excluding carboxylic acids is 1. The Balaban J connectivity index is 1.25. The van der Waals surface area contributed by atoms with Crippen molar-refractivity contribution in [3.05, 3.63) is 66.2 Å². The summed E-state index contributed by atoms with van der Waals surface area (Å²) in [5.74, 6) is 2.38. The van der Waals surface area contributed by atoms with E-state index in [1.165, 1.54) is 11.8 Å². The van der Waals surface area contributed by atoms with Crippen LogP contribution in [0.4, 0.5) is 27.9 Å². The summed E-state index contributed by atoms with van der Waals surface area (Å²) in [6, 6.07) is 14.5. The summed E-state index contributed by atoms with van der Waals surface area (Å²) in [6.07, 6.45) is 1.87. The highest BCUT2D eigenvalue weighted by molar-refractivity contribution is 7.99. The predicted molar refractivity (Wildman–Crippen MR) is 138 cm³/mol. The zero-order valence-electron chi connectivity index (χ0n) is 20.2. The minimum atomic E-state index is -0.408. The van der Waals surface area contributed by atoms with Gasteiger partial charge in [-0.2, -0.15) is 5.10 Å². The number of benzene rings is 1. The highest BCUT2D eigenvalue weighted by Crippen LogP contribution is 2.29. The molecule has 12 heteroatoms. The Morgan fingerprint density at radius 1 is 1.08 bits per heavy atom. The number of hydrogen-bond acceptors (Lipinski definition) is 8. The normalized spacial score (nSPS) is 11.6. The number of rotatable bonds is 6. The second-order valence-electron chi connectivity index (χ2n) is 9.17. The number of H-pyrrole nitrogens is 1. The highest BCUT2D eigenvalue weighted by Gasteiger charge is 2.20. The van der Waals surface area contributed by atoms with Gasteiger partial charge >= 0.3 is 6.03 Å². The van der Waals surface area contributed by atoms with Crippen molar-refractivity contribution in [1.29, 1.82) is 0 Å². The van der Waals surface area contributed by atoms with E-state index in [2.05, 4.69) is 41.4 Å². The number of urea groups is 1. The summed E-state index contributed by atoms with van der Waals surface area (Å²) >= 11 is 1.41. The lowest BCUT2D eigenvalue weighted by molar-refractivity contribution is 0.262. The van der Waals surface area contributed by atoms with Crippen LogP contribution in [0.3, 0.4) is 0 Å². The van der Waals surface area contributed by atoms with Crippen LogP contribution in [0.25, 0.3) is 5.52 Å². The summed E-state index contributed by atoms with van der Waals surface area (Å²) in [4.78, 5) is 18.0. The standard InChI is InChI=1S/C24H25N9O2S/c1-14-12-19(30-29-14)26-21-17-6-5-11-33(17)31-23(28-21)36-16-9-7-15(8-10-16)25-22(34)27-20-13-18(35-32-20)24(2,3)4/h5-13H,1-4H3,(H2,25,27,32,34)(H2,26,28,29,30,31). The molecule has 184 valence electrons. The Hall–Kier alpha value is -4.32. The molecule has 0 fully saturated rings. The summed E-state index contributed by atoms with van der Waals surface area (Å²) in [5.41, 5.74) is 2.23. The topological polar surface area (TPSA) is 138 Å². The second kappa shape index (κ2) is 9.38. The van der Waals surface area contributed by atoms with Gasteiger partial charge in [0.05, 0.1) is 0 Å². The number of aromatic nitrogens is 6. The molecule has 0 aliphatic rings. The molecule has 4 aromatic heterocycles. The third kappa shape index (κ3) is 5.33. The van der Waals surface area contributed by atoms with E-state index in [9.17, 15) is 4.79 Å². The molecule has 11 nitrogen and oxygen atoms in total. The quantitative estimate of drug-likeness (QED) is 0.235. The zero-order chi connectivity index (χ0) is 25.3. The lowest BCUT2D eigenvalue weighted by Gasteiger charge is -2.12. The first-order valence-corrected chi connectivity index (χ1v) is 12.0. The van der Waals surface area contributed by atoms with Gasteiger partial charge in [0.2, 0.25) is 5.16 Å². The fourth-order valence-electron chi connectivity index (χ4n) is 3.33. The van der Waals surface area contributed by atoms with Crippen LogP contribution >= 0.6 is 11.8 Å². The molecule has 0 atom stereocenters. The summed E-state index contributed by atoms with van der Waals surface area (Å²) < 4.78 is 7.07. The van der Waals surface area contributed by atoms with E-state index in [0.29, 0.717) is 34.1 Å². The van der Waals surface area contributed by atoms with Crippen LogP contribution in [-0.4, -0.2) is 36.0 Å². The number of nitrogens with zero attached hydrogens (tertiary/aromatic N) is 5. The lowest BCUT2D eigenvalue weighted by atomic mass is 9.93. The van der Waals surface area contributed by atoms with Gasteiger partial charge < -0.3 is 15.2 Å². The summed E-state index contributed by atoms with van der Waals surface area (Å²) in [6.45, 7) is 7.97. The molecule has 36 heavy (non-hydrogen) atoms. The Kier molecular flexibility index (Phi) is 6.10. The van der Waals surface area contributed by atoms with Gasteiger partial charge in [-0.1, -0.05) is 25.9 Å². The molecular formula is C24H25N9O2S. The minimum Gasteiger partial charge on any atom is -0.359 e. The van der Waals surface area contributed by atoms with Gasteiger partial charge in [-0.3, -0.25) is 10.4 Å². The van der Waals surface area contributed by atoms with E-state index >= 15 is 0 Å². The number of aryl methyl sites for hydroxylation is 1. The highest BCUT2D eigenvalue weighted by atomic mass is 32.2. The molecule has 5 aromatic rings. The van der Waals surface area contributed by atoms with Gasteiger partial charge in [-0.25, -0.2) is 14.3 Å². The fourth-order valence-corrected chi connectivity index (χ4v) is 4.08. The Labute approximate surface area is 211 Å². The van der Waals surface area contributed by atoms with Crippen LogP contribution in [-0.2, 0) is 5.41 Å². The molecule has 1 aromatic carbocycles. The smallest absolute Gasteiger partial charge is 0.324 e. The van der Waals surface area contributed by atoms with Gasteiger partial charge in [0, 0.05) is 40.0 Å². The lowest BCUT2D eigenvalue weighted by Crippen LogP contribution is -2.19. The van der Waals surface area contributed by atoms with Crippen molar-refractivity contribution in [2.45, 2.75) is 43.2 Å². The van der Waals surface area contributed by atoms with Gasteiger partial charge in [0.1, 0.15) is 11.3 Å². The third-order valence-corrected chi connectivity index (χ3v) is 6.00. The molecule has 0 radical (unpaired) electrons. The number of nitrogens with one attached hydrogen (secondary N) is 4. The average Bonchev–Trinajstić information content (AvgIpc) is 3.56. The van der Waals surface area contributed by atoms with E-state index in [-0.39, 0.29) is 5.41 Å². The minimum absolute atomic E-state index is 0.193. The van der Waals surface area contributed by atoms with Crippen LogP contribution < -0.4 is 16.0 Å². The summed E-state index contributed by atoms with van der Waals surface area (Å²) in [7, 11) is 0. The molecule has 0 spiro atoms. The van der Waals surface area contributed by atoms with E-state index in [4.69, 9.17) is 4.52 Å². The van der Waals surface area contributed by atoms with Gasteiger partial charge in [-0.05, 0) is 55.1 Å². The predicted octanol–water partition coefficient (Wildman–Crippen LogP) is 5.59. The maximum absolute atomic E-state index is 12.4. The van der Waals surface area contributed by atoms with Crippen molar-refractivity contribution in [2.75, 3.05) is 16.0 Å². The van der Waals surface area contributed by atoms with Crippen molar-refractivity contribution in [1.82, 2.24) is 30.0 Å². The largest absolute Gasteiger partial charge is 0.359 e. The monoisotopic (exact) mass is 503 g/mol. The Bertz CT molecular complexity index is 1510. The van der Waals surface area contributed by atoms with Crippen LogP contribution in [0, 0.1) is 6.92 Å². The number of hydrogen-bond donors (Lipinski definition) is 4. The second-order valence-corrected chi connectivity index (χ2v) is 10.2. The van der Waals surface area contributed by atoms with E-state index in [0.717, 1.165) is 16.1 Å². The van der Waals surface area contributed by atoms with Gasteiger partial charge in [0.15, 0.2) is 17.5 Å². The van der Waals surface area contributed by atoms with Gasteiger partial charge in [-0.15, -0.1) is 5.10 Å². The average molecular weight is 504 g/mol. The van der Waals surface area contributed by atoms with Crippen LogP contribution in [0.1, 0.15) is 32.2 Å². The third-order valence-electron chi connectivity index (χ3n) is 5.14. The zero-order valence-corrected chi connectivity index (χ0v) is 21.0. The van der Waals surface area contributed by atoms with Crippen LogP contribution in [0.5, 0.6) is 0 Å². The van der Waals surface area contributed by atoms with Crippen LogP contribution in [0.2, 0.25) is 0 Å². The van der Waals surface area contributed by atoms with E-state index < -0.39 is 6.03 Å².